The molecule has 3 fully saturated rings. The standard InChI is InChI=1S/C46H54ClN7O8/c1-26-23-34(33-7-5-21-52(33)45(36(48)55,38(57)61-40(50)59)42(2)24-27-9-13-29(42)14-10-27)54(32-19-17-31(47)18-20-32)44(26,4)35-8-6-22-53(35)46(37(49)56,39(58)62-41(51)60)43(3)25-28-11-15-30(43)16-12-28/h9-20,26,33-35H,5-8,21-25H2,1-4H3,(H2,48,55)(H2,49,56)(H2,50,59)(H2,51,60)/t26?,33?,34?,35?,42?,43?,44-,45-,46-/m0/s1. The number of anilines is 1. The Kier molecular flexibility index (Phi) is 10.5. The van der Waals surface area contributed by atoms with Gasteiger partial charge in [0.05, 0.1) is 5.54 Å². The molecule has 7 aliphatic rings. The molecular formula is C46H54ClN7O8. The summed E-state index contributed by atoms with van der Waals surface area (Å²) in [6.07, 6.45) is 0.519. The maximum Gasteiger partial charge on any atom is 0.412 e. The Balaban J connectivity index is 1.31. The summed E-state index contributed by atoms with van der Waals surface area (Å²) in [4.78, 5) is 89.3. The number of carbonyl (C=O) groups is 6. The number of esters is 2. The molecule has 0 spiro atoms. The molecule has 0 aromatic heterocycles. The normalized spacial score (nSPS) is 31.0. The Labute approximate surface area is 365 Å². The summed E-state index contributed by atoms with van der Waals surface area (Å²) in [6.45, 7) is 8.34. The van der Waals surface area contributed by atoms with E-state index in [0.717, 1.165) is 16.8 Å². The van der Waals surface area contributed by atoms with E-state index < -0.39 is 81.5 Å². The maximum atomic E-state index is 14.8. The summed E-state index contributed by atoms with van der Waals surface area (Å²) in [5.41, 5.74) is 20.0. The minimum atomic E-state index is -2.20. The van der Waals surface area contributed by atoms with E-state index in [1.807, 2.05) is 77.4 Å². The highest BCUT2D eigenvalue weighted by molar-refractivity contribution is 6.30. The summed E-state index contributed by atoms with van der Waals surface area (Å²) >= 11 is 6.52. The first-order chi connectivity index (χ1) is 29.3. The summed E-state index contributed by atoms with van der Waals surface area (Å²) in [5, 5.41) is 0.500. The first-order valence-corrected chi connectivity index (χ1v) is 21.6. The Hall–Kier alpha value is -5.51. The van der Waals surface area contributed by atoms with Gasteiger partial charge in [0.25, 0.3) is 11.8 Å². The van der Waals surface area contributed by atoms with Crippen LogP contribution in [0.2, 0.25) is 5.02 Å². The molecule has 8 N–H and O–H groups in total. The van der Waals surface area contributed by atoms with Crippen LogP contribution in [0.15, 0.2) is 72.8 Å². The average molecular weight is 868 g/mol. The maximum absolute atomic E-state index is 14.8. The molecule has 0 radical (unpaired) electrons. The van der Waals surface area contributed by atoms with Crippen molar-refractivity contribution in [2.75, 3.05) is 18.0 Å². The van der Waals surface area contributed by atoms with Crippen LogP contribution < -0.4 is 27.8 Å². The Morgan fingerprint density at radius 2 is 1.10 bits per heavy atom. The lowest BCUT2D eigenvalue weighted by Crippen LogP contribution is -2.78. The average Bonchev–Trinajstić information content (AvgIpc) is 3.95. The molecule has 4 aliphatic carbocycles. The van der Waals surface area contributed by atoms with E-state index in [9.17, 15) is 28.8 Å². The number of nitrogens with two attached hydrogens (primary N) is 4. The lowest BCUT2D eigenvalue weighted by molar-refractivity contribution is -0.167. The predicted octanol–water partition coefficient (Wildman–Crippen LogP) is 3.96. The molecule has 328 valence electrons. The van der Waals surface area contributed by atoms with Crippen LogP contribution in [0.3, 0.4) is 0 Å². The van der Waals surface area contributed by atoms with Crippen LogP contribution in [0, 0.1) is 5.92 Å². The zero-order chi connectivity index (χ0) is 44.7. The molecule has 6 unspecified atom stereocenters. The van der Waals surface area contributed by atoms with Crippen molar-refractivity contribution in [3.63, 3.8) is 0 Å². The van der Waals surface area contributed by atoms with Crippen molar-refractivity contribution in [3.8, 4) is 0 Å². The van der Waals surface area contributed by atoms with Gasteiger partial charge in [-0.05, 0) is 104 Å². The number of hydrogen-bond donors (Lipinski definition) is 4. The SMILES string of the molecule is CC1CC(C2CCCN2[C@@](C(N)=O)(C(=O)OC(N)=O)C2(C)Cc3ccc2cc3)N(c2ccc(Cl)cc2)[C@]1(C)C1CCCN1[C@@](C(N)=O)(C(=O)OC(N)=O)C1(C)Cc2ccc1cc2. The molecule has 3 heterocycles. The van der Waals surface area contributed by atoms with E-state index in [2.05, 4.69) is 18.7 Å². The predicted molar refractivity (Wildman–Crippen MR) is 230 cm³/mol. The number of ether oxygens (including phenoxy) is 2. The fourth-order valence-corrected chi connectivity index (χ4v) is 13.1. The third kappa shape index (κ3) is 5.90. The number of carbonyl (C=O) groups excluding carboxylic acids is 6. The van der Waals surface area contributed by atoms with Crippen molar-refractivity contribution >= 4 is 53.2 Å². The number of halogens is 1. The molecule has 9 atom stereocenters. The van der Waals surface area contributed by atoms with Gasteiger partial charge in [-0.25, -0.2) is 19.2 Å². The molecule has 16 heteroatoms. The van der Waals surface area contributed by atoms with Crippen LogP contribution in [0.5, 0.6) is 0 Å². The van der Waals surface area contributed by atoms with Crippen LogP contribution in [0.25, 0.3) is 0 Å². The van der Waals surface area contributed by atoms with Crippen molar-refractivity contribution < 1.29 is 38.2 Å². The summed E-state index contributed by atoms with van der Waals surface area (Å²) in [7, 11) is 0. The highest BCUT2D eigenvalue weighted by Crippen LogP contribution is 2.57. The minimum Gasteiger partial charge on any atom is -0.375 e. The first-order valence-electron chi connectivity index (χ1n) is 21.2. The molecule has 15 nitrogen and oxygen atoms in total. The second kappa shape index (κ2) is 15.1. The minimum absolute atomic E-state index is 0.191. The lowest BCUT2D eigenvalue weighted by atomic mass is 9.58. The van der Waals surface area contributed by atoms with Gasteiger partial charge in [-0.1, -0.05) is 80.9 Å². The monoisotopic (exact) mass is 867 g/mol. The van der Waals surface area contributed by atoms with Gasteiger partial charge in [-0.2, -0.15) is 0 Å². The van der Waals surface area contributed by atoms with E-state index in [4.69, 9.17) is 44.0 Å². The van der Waals surface area contributed by atoms with Crippen molar-refractivity contribution in [3.05, 3.63) is 100 Å². The smallest absolute Gasteiger partial charge is 0.375 e. The lowest BCUT2D eigenvalue weighted by Gasteiger charge is -2.58. The quantitative estimate of drug-likeness (QED) is 0.159. The van der Waals surface area contributed by atoms with Gasteiger partial charge in [-0.15, -0.1) is 0 Å². The zero-order valence-electron chi connectivity index (χ0n) is 35.4. The number of benzene rings is 3. The third-order valence-electron chi connectivity index (χ3n) is 15.7. The van der Waals surface area contributed by atoms with Gasteiger partial charge in [0, 0.05) is 52.8 Å². The molecule has 3 aromatic carbocycles. The van der Waals surface area contributed by atoms with Gasteiger partial charge in [0.15, 0.2) is 0 Å². The number of hydrogen-bond acceptors (Lipinski definition) is 11. The van der Waals surface area contributed by atoms with Crippen molar-refractivity contribution in [2.24, 2.45) is 28.9 Å². The molecular weight excluding hydrogens is 814 g/mol. The second-order valence-corrected chi connectivity index (χ2v) is 18.9. The van der Waals surface area contributed by atoms with E-state index in [0.29, 0.717) is 48.3 Å². The molecule has 3 aromatic rings. The van der Waals surface area contributed by atoms with E-state index >= 15 is 0 Å². The molecule has 4 amide bonds. The number of amides is 4. The summed E-state index contributed by atoms with van der Waals surface area (Å²) in [6, 6.07) is 21.0. The Morgan fingerprint density at radius 3 is 1.53 bits per heavy atom. The van der Waals surface area contributed by atoms with E-state index in [1.165, 1.54) is 0 Å². The van der Waals surface area contributed by atoms with Crippen LogP contribution in [-0.4, -0.2) is 93.6 Å². The second-order valence-electron chi connectivity index (χ2n) is 18.5. The van der Waals surface area contributed by atoms with Gasteiger partial charge in [-0.3, -0.25) is 19.4 Å². The third-order valence-corrected chi connectivity index (χ3v) is 15.9. The fourth-order valence-electron chi connectivity index (χ4n) is 12.9. The van der Waals surface area contributed by atoms with Crippen molar-refractivity contribution in [1.29, 1.82) is 0 Å². The molecule has 3 saturated heterocycles. The van der Waals surface area contributed by atoms with Gasteiger partial charge in [0.1, 0.15) is 0 Å². The number of nitrogens with zero attached hydrogens (tertiary/aromatic N) is 3. The van der Waals surface area contributed by atoms with Crippen LogP contribution in [-0.2, 0) is 52.3 Å². The first kappa shape index (κ1) is 43.2. The number of likely N-dealkylation sites (tertiary alicyclic amines) is 2. The van der Waals surface area contributed by atoms with Crippen LogP contribution >= 0.6 is 11.6 Å². The van der Waals surface area contributed by atoms with Crippen molar-refractivity contribution in [2.45, 2.75) is 118 Å². The van der Waals surface area contributed by atoms with E-state index in [1.54, 1.807) is 19.1 Å². The molecule has 3 aliphatic heterocycles. The number of rotatable bonds is 11. The molecule has 10 rings (SSSR count). The molecule has 4 bridgehead atoms. The fraction of sp³-hybridized carbons (Fsp3) is 0.478. The van der Waals surface area contributed by atoms with Gasteiger partial charge < -0.3 is 37.3 Å². The van der Waals surface area contributed by atoms with Crippen LogP contribution in [0.1, 0.15) is 82.1 Å². The highest BCUT2D eigenvalue weighted by Gasteiger charge is 2.72. The Bertz CT molecular complexity index is 2350. The molecule has 62 heavy (non-hydrogen) atoms. The number of primary amides is 4. The summed E-state index contributed by atoms with van der Waals surface area (Å²) in [5.74, 6) is -4.42. The van der Waals surface area contributed by atoms with Crippen molar-refractivity contribution in [1.82, 2.24) is 9.80 Å². The zero-order valence-corrected chi connectivity index (χ0v) is 36.2. The van der Waals surface area contributed by atoms with Gasteiger partial charge >= 0.3 is 24.1 Å². The number of fused-ring (bicyclic) bond motifs is 6. The molecule has 0 saturated carbocycles. The Morgan fingerprint density at radius 1 is 0.645 bits per heavy atom. The topological polar surface area (TPSA) is 235 Å². The van der Waals surface area contributed by atoms with E-state index in [-0.39, 0.29) is 31.8 Å². The highest BCUT2D eigenvalue weighted by atomic mass is 35.5. The van der Waals surface area contributed by atoms with Crippen LogP contribution in [0.4, 0.5) is 15.3 Å². The van der Waals surface area contributed by atoms with Gasteiger partial charge in [0.2, 0.25) is 11.1 Å². The summed E-state index contributed by atoms with van der Waals surface area (Å²) < 4.78 is 10.5. The largest absolute Gasteiger partial charge is 0.412 e.